The van der Waals surface area contributed by atoms with Crippen molar-refractivity contribution in [3.8, 4) is 22.8 Å². The van der Waals surface area contributed by atoms with Gasteiger partial charge in [-0.2, -0.15) is 5.10 Å². The smallest absolute Gasteiger partial charge is 0.404 e. The van der Waals surface area contributed by atoms with Gasteiger partial charge >= 0.3 is 6.09 Å². The molecule has 214 valence electrons. The molecule has 0 atom stereocenters. The lowest BCUT2D eigenvalue weighted by atomic mass is 10.1. The van der Waals surface area contributed by atoms with E-state index in [1.165, 1.54) is 10.8 Å². The predicted molar refractivity (Wildman–Crippen MR) is 159 cm³/mol. The van der Waals surface area contributed by atoms with Gasteiger partial charge in [0.2, 0.25) is 5.91 Å². The Hall–Kier alpha value is -3.29. The average Bonchev–Trinajstić information content (AvgIpc) is 3.49. The van der Waals surface area contributed by atoms with Crippen molar-refractivity contribution in [2.45, 2.75) is 25.7 Å². The van der Waals surface area contributed by atoms with Crippen LogP contribution in [0.25, 0.3) is 11.3 Å². The summed E-state index contributed by atoms with van der Waals surface area (Å²) in [5.41, 5.74) is 4.75. The first kappa shape index (κ1) is 29.7. The fraction of sp³-hybridized carbons (Fsp3) is 0.385. The number of carboxylic acid groups (broad SMARTS) is 1. The Morgan fingerprint density at radius 2 is 2.00 bits per heavy atom. The topological polar surface area (TPSA) is 150 Å². The molecule has 3 aromatic rings. The number of amides is 2. The molecule has 0 bridgehead atoms. The molecule has 0 spiro atoms. The van der Waals surface area contributed by atoms with Crippen LogP contribution in [0.1, 0.15) is 30.4 Å². The van der Waals surface area contributed by atoms with Gasteiger partial charge in [0.1, 0.15) is 0 Å². The van der Waals surface area contributed by atoms with Crippen LogP contribution in [-0.2, 0) is 11.2 Å². The van der Waals surface area contributed by atoms with E-state index in [2.05, 4.69) is 31.1 Å². The first-order valence-electron chi connectivity index (χ1n) is 12.7. The molecule has 1 aromatic carbocycles. The Kier molecular flexibility index (Phi) is 11.1. The summed E-state index contributed by atoms with van der Waals surface area (Å²) in [6.45, 7) is 1.40. The molecule has 0 unspecified atom stereocenters. The number of ether oxygens (including phenoxy) is 2. The Labute approximate surface area is 244 Å². The predicted octanol–water partition coefficient (Wildman–Crippen LogP) is 5.10. The van der Waals surface area contributed by atoms with Gasteiger partial charge in [-0.25, -0.2) is 9.78 Å². The summed E-state index contributed by atoms with van der Waals surface area (Å²) in [5, 5.41) is 25.0. The first-order valence-corrected chi connectivity index (χ1v) is 15.6. The third-order valence-electron chi connectivity index (χ3n) is 6.01. The summed E-state index contributed by atoms with van der Waals surface area (Å²) in [6, 6.07) is 7.60. The number of hydrogen-bond acceptors (Lipinski definition) is 9. The normalized spacial score (nSPS) is 11.4. The van der Waals surface area contributed by atoms with E-state index in [1.807, 2.05) is 24.3 Å². The number of aromatic nitrogens is 3. The highest BCUT2D eigenvalue weighted by molar-refractivity contribution is 8.76. The Morgan fingerprint density at radius 1 is 1.15 bits per heavy atom. The van der Waals surface area contributed by atoms with Gasteiger partial charge in [-0.1, -0.05) is 33.2 Å². The van der Waals surface area contributed by atoms with Crippen molar-refractivity contribution in [3.05, 3.63) is 46.7 Å². The summed E-state index contributed by atoms with van der Waals surface area (Å²) in [4.78, 5) is 26.5. The monoisotopic (exact) mass is 606 g/mol. The number of aromatic amines is 1. The number of nitrogens with zero attached hydrogens (tertiary/aromatic N) is 2. The minimum absolute atomic E-state index is 0.0214. The van der Waals surface area contributed by atoms with Crippen LogP contribution in [0.15, 0.2) is 30.5 Å². The molecule has 0 fully saturated rings. The van der Waals surface area contributed by atoms with Gasteiger partial charge in [-0.15, -0.1) is 0 Å². The van der Waals surface area contributed by atoms with Crippen molar-refractivity contribution >= 4 is 56.7 Å². The molecule has 1 aliphatic rings. The van der Waals surface area contributed by atoms with Gasteiger partial charge in [0.15, 0.2) is 22.5 Å². The summed E-state index contributed by atoms with van der Waals surface area (Å²) >= 11 is 6.20. The van der Waals surface area contributed by atoms with Gasteiger partial charge in [-0.05, 0) is 49.1 Å². The van der Waals surface area contributed by atoms with E-state index in [9.17, 15) is 9.59 Å². The molecule has 0 saturated heterocycles. The largest absolute Gasteiger partial charge is 0.493 e. The lowest BCUT2D eigenvalue weighted by molar-refractivity contribution is -0.118. The number of unbranched alkanes of at least 4 members (excludes halogenated alkanes) is 1. The van der Waals surface area contributed by atoms with E-state index in [4.69, 9.17) is 26.2 Å². The standard InChI is InChI=1S/C26H31ClN6O5S2/c1-37-20-14-17-16(12-18-23(17)32-33-25(18)31-19-6-4-8-29-24(19)27)13-21(20)38-10-5-9-28-22(34)15-40-39-11-3-2-7-30-26(35)36/h4,6,8,13-14,30H,2-3,5,7,9-12,15H2,1H3,(H,28,34)(H,35,36)(H2,31,32,33). The molecule has 0 aliphatic heterocycles. The van der Waals surface area contributed by atoms with Crippen LogP contribution in [0.5, 0.6) is 11.5 Å². The number of H-pyrrole nitrogens is 1. The SMILES string of the molecule is COc1cc2c(cc1OCCCNC(=O)CSSCCCCNC(=O)O)Cc1c(Nc3cccnc3Cl)n[nH]c1-2. The van der Waals surface area contributed by atoms with E-state index < -0.39 is 6.09 Å². The Balaban J connectivity index is 1.19. The Morgan fingerprint density at radius 3 is 2.80 bits per heavy atom. The van der Waals surface area contributed by atoms with E-state index in [0.29, 0.717) is 66.4 Å². The number of rotatable bonds is 16. The van der Waals surface area contributed by atoms with Crippen LogP contribution in [0.3, 0.4) is 0 Å². The van der Waals surface area contributed by atoms with E-state index in [-0.39, 0.29) is 5.91 Å². The van der Waals surface area contributed by atoms with Crippen LogP contribution in [0.2, 0.25) is 5.15 Å². The zero-order chi connectivity index (χ0) is 28.3. The number of fused-ring (bicyclic) bond motifs is 3. The molecule has 40 heavy (non-hydrogen) atoms. The molecule has 1 aliphatic carbocycles. The zero-order valence-corrected chi connectivity index (χ0v) is 24.3. The second kappa shape index (κ2) is 14.9. The molecule has 0 radical (unpaired) electrons. The lowest BCUT2D eigenvalue weighted by Gasteiger charge is -2.13. The average molecular weight is 607 g/mol. The van der Waals surface area contributed by atoms with Crippen molar-refractivity contribution in [2.24, 2.45) is 0 Å². The van der Waals surface area contributed by atoms with Crippen molar-refractivity contribution in [3.63, 3.8) is 0 Å². The molecular weight excluding hydrogens is 576 g/mol. The van der Waals surface area contributed by atoms with Crippen molar-refractivity contribution in [2.75, 3.05) is 43.6 Å². The third-order valence-corrected chi connectivity index (χ3v) is 8.67. The maximum absolute atomic E-state index is 12.1. The van der Waals surface area contributed by atoms with Gasteiger partial charge in [0, 0.05) is 42.6 Å². The van der Waals surface area contributed by atoms with Crippen molar-refractivity contribution in [1.29, 1.82) is 0 Å². The zero-order valence-electron chi connectivity index (χ0n) is 21.9. The van der Waals surface area contributed by atoms with Gasteiger partial charge in [0.25, 0.3) is 0 Å². The van der Waals surface area contributed by atoms with Crippen LogP contribution in [0, 0.1) is 0 Å². The van der Waals surface area contributed by atoms with Gasteiger partial charge < -0.3 is 30.5 Å². The number of hydrogen-bond donors (Lipinski definition) is 5. The number of benzene rings is 1. The molecule has 4 rings (SSSR count). The summed E-state index contributed by atoms with van der Waals surface area (Å²) in [7, 11) is 4.72. The number of anilines is 2. The lowest BCUT2D eigenvalue weighted by Crippen LogP contribution is -2.27. The maximum Gasteiger partial charge on any atom is 0.404 e. The minimum Gasteiger partial charge on any atom is -0.493 e. The molecule has 14 heteroatoms. The number of pyridine rings is 1. The number of nitrogens with one attached hydrogen (secondary N) is 4. The highest BCUT2D eigenvalue weighted by atomic mass is 35.5. The van der Waals surface area contributed by atoms with Crippen molar-refractivity contribution in [1.82, 2.24) is 25.8 Å². The number of methoxy groups -OCH3 is 1. The fourth-order valence-electron chi connectivity index (χ4n) is 4.08. The summed E-state index contributed by atoms with van der Waals surface area (Å²) in [5.74, 6) is 3.20. The fourth-order valence-corrected chi connectivity index (χ4v) is 6.26. The van der Waals surface area contributed by atoms with Crippen LogP contribution >= 0.6 is 33.2 Å². The van der Waals surface area contributed by atoms with Crippen LogP contribution < -0.4 is 25.4 Å². The molecule has 0 saturated carbocycles. The highest BCUT2D eigenvalue weighted by Crippen LogP contribution is 2.44. The van der Waals surface area contributed by atoms with Crippen LogP contribution in [-0.4, -0.2) is 70.6 Å². The second-order valence-corrected chi connectivity index (χ2v) is 11.7. The molecule has 5 N–H and O–H groups in total. The molecule has 11 nitrogen and oxygen atoms in total. The Bertz CT molecular complexity index is 1320. The number of carbonyl (C=O) groups excluding carboxylic acids is 1. The minimum atomic E-state index is -1.00. The molecular formula is C26H31ClN6O5S2. The summed E-state index contributed by atoms with van der Waals surface area (Å²) in [6.07, 6.45) is 3.64. The van der Waals surface area contributed by atoms with Crippen molar-refractivity contribution < 1.29 is 24.2 Å². The molecule has 2 heterocycles. The van der Waals surface area contributed by atoms with E-state index in [0.717, 1.165) is 41.0 Å². The highest BCUT2D eigenvalue weighted by Gasteiger charge is 2.27. The number of halogens is 1. The van der Waals surface area contributed by atoms with E-state index >= 15 is 0 Å². The van der Waals surface area contributed by atoms with Gasteiger partial charge in [-0.3, -0.25) is 9.89 Å². The molecule has 2 amide bonds. The summed E-state index contributed by atoms with van der Waals surface area (Å²) < 4.78 is 11.6. The number of carbonyl (C=O) groups is 2. The quantitative estimate of drug-likeness (QED) is 0.0662. The molecule has 2 aromatic heterocycles. The van der Waals surface area contributed by atoms with Gasteiger partial charge in [0.05, 0.1) is 30.9 Å². The van der Waals surface area contributed by atoms with Crippen LogP contribution in [0.4, 0.5) is 16.3 Å². The third kappa shape index (κ3) is 8.12. The maximum atomic E-state index is 12.1. The first-order chi connectivity index (χ1) is 19.5. The van der Waals surface area contributed by atoms with E-state index in [1.54, 1.807) is 24.1 Å². The second-order valence-electron chi connectivity index (χ2n) is 8.80.